The average Bonchev–Trinajstić information content (AvgIpc) is 3.43. The Morgan fingerprint density at radius 3 is 1.93 bits per heavy atom. The van der Waals surface area contributed by atoms with Crippen molar-refractivity contribution in [3.8, 4) is 0 Å². The first-order valence-electron chi connectivity index (χ1n) is 10.4. The largest absolute Gasteiger partial charge is 0.328 e. The molecule has 0 saturated heterocycles. The Morgan fingerprint density at radius 2 is 1.20 bits per heavy atom. The molecule has 0 saturated carbocycles. The van der Waals surface area contributed by atoms with Crippen LogP contribution in [0.15, 0.2) is 104 Å². The van der Waals surface area contributed by atoms with Crippen LogP contribution in [0, 0.1) is 6.92 Å². The van der Waals surface area contributed by atoms with Gasteiger partial charge < -0.3 is 19.6 Å². The zero-order valence-corrected chi connectivity index (χ0v) is 17.4. The van der Waals surface area contributed by atoms with Gasteiger partial charge in [-0.1, -0.05) is 42.5 Å². The van der Waals surface area contributed by atoms with E-state index in [9.17, 15) is 0 Å². The van der Waals surface area contributed by atoms with E-state index in [2.05, 4.69) is 137 Å². The summed E-state index contributed by atoms with van der Waals surface area (Å²) in [6.45, 7) is 5.28. The fourth-order valence-electron chi connectivity index (χ4n) is 4.28. The molecule has 0 N–H and O–H groups in total. The normalized spacial score (nSPS) is 18.0. The van der Waals surface area contributed by atoms with Gasteiger partial charge >= 0.3 is 0 Å². The molecule has 0 bridgehead atoms. The highest BCUT2D eigenvalue weighted by Gasteiger charge is 2.26. The molecule has 5 rings (SSSR count). The molecule has 0 amide bonds. The van der Waals surface area contributed by atoms with Gasteiger partial charge in [-0.25, -0.2) is 0 Å². The lowest BCUT2D eigenvalue weighted by atomic mass is 10.1. The molecule has 0 unspecified atom stereocenters. The molecule has 0 aliphatic carbocycles. The van der Waals surface area contributed by atoms with Crippen LogP contribution in [0.4, 0.5) is 22.7 Å². The van der Waals surface area contributed by atoms with Crippen LogP contribution in [0.2, 0.25) is 0 Å². The Hall–Kier alpha value is -3.66. The van der Waals surface area contributed by atoms with Gasteiger partial charge in [0.15, 0.2) is 0 Å². The van der Waals surface area contributed by atoms with Crippen molar-refractivity contribution in [3.63, 3.8) is 0 Å². The van der Waals surface area contributed by atoms with E-state index in [4.69, 9.17) is 0 Å². The zero-order valence-electron chi connectivity index (χ0n) is 17.4. The summed E-state index contributed by atoms with van der Waals surface area (Å²) in [5.74, 6) is 0. The van der Waals surface area contributed by atoms with Crippen molar-refractivity contribution in [2.75, 3.05) is 26.3 Å². The Balaban J connectivity index is 1.38. The molecule has 1 atom stereocenters. The predicted molar refractivity (Wildman–Crippen MR) is 127 cm³/mol. The van der Waals surface area contributed by atoms with Crippen molar-refractivity contribution in [1.29, 1.82) is 0 Å². The lowest BCUT2D eigenvalue weighted by Gasteiger charge is -2.32. The van der Waals surface area contributed by atoms with Gasteiger partial charge in [-0.05, 0) is 55.8 Å². The summed E-state index contributed by atoms with van der Waals surface area (Å²) in [6.07, 6.45) is 8.88. The van der Waals surface area contributed by atoms with Crippen molar-refractivity contribution < 1.29 is 0 Å². The van der Waals surface area contributed by atoms with E-state index in [0.29, 0.717) is 0 Å². The van der Waals surface area contributed by atoms with Crippen molar-refractivity contribution in [1.82, 2.24) is 0 Å². The number of anilines is 4. The molecular formula is C26H26N4. The zero-order chi connectivity index (χ0) is 20.5. The van der Waals surface area contributed by atoms with Crippen molar-refractivity contribution in [2.24, 2.45) is 0 Å². The van der Waals surface area contributed by atoms with Crippen LogP contribution >= 0.6 is 0 Å². The first-order valence-corrected chi connectivity index (χ1v) is 10.4. The molecule has 3 aromatic rings. The second-order valence-electron chi connectivity index (χ2n) is 7.72. The van der Waals surface area contributed by atoms with Crippen LogP contribution in [0.5, 0.6) is 0 Å². The van der Waals surface area contributed by atoms with Gasteiger partial charge in [0.1, 0.15) is 6.17 Å². The summed E-state index contributed by atoms with van der Waals surface area (Å²) in [5, 5.41) is 0. The SMILES string of the molecule is Cc1c(N2C=CN(c3ccccc3)C2)cccc1N1C=CN(c2ccccc2)[C@@H]1C. The molecule has 2 aliphatic rings. The third-order valence-corrected chi connectivity index (χ3v) is 5.93. The molecule has 0 aromatic heterocycles. The van der Waals surface area contributed by atoms with Crippen LogP contribution in [0.3, 0.4) is 0 Å². The summed E-state index contributed by atoms with van der Waals surface area (Å²) >= 11 is 0. The summed E-state index contributed by atoms with van der Waals surface area (Å²) in [4.78, 5) is 9.23. The molecular weight excluding hydrogens is 368 g/mol. The van der Waals surface area contributed by atoms with Gasteiger partial charge in [0, 0.05) is 47.5 Å². The molecule has 2 aliphatic heterocycles. The van der Waals surface area contributed by atoms with Crippen LogP contribution < -0.4 is 19.6 Å². The molecule has 4 heteroatoms. The van der Waals surface area contributed by atoms with Gasteiger partial charge in [0.05, 0.1) is 6.67 Å². The molecule has 2 heterocycles. The van der Waals surface area contributed by atoms with E-state index >= 15 is 0 Å². The predicted octanol–water partition coefficient (Wildman–Crippen LogP) is 5.89. The van der Waals surface area contributed by atoms with Crippen molar-refractivity contribution in [3.05, 3.63) is 109 Å². The molecule has 30 heavy (non-hydrogen) atoms. The summed E-state index contributed by atoms with van der Waals surface area (Å²) in [5.41, 5.74) is 6.17. The minimum atomic E-state index is 0.219. The van der Waals surface area contributed by atoms with E-state index in [0.717, 1.165) is 6.67 Å². The minimum absolute atomic E-state index is 0.219. The standard InChI is InChI=1S/C26H26N4/c1-21-25(28-17-16-27(20-28)23-10-5-3-6-11-23)14-9-15-26(21)30-19-18-29(22(30)2)24-12-7-4-8-13-24/h3-19,22H,20H2,1-2H3/t22-/m0/s1. The first kappa shape index (κ1) is 18.4. The van der Waals surface area contributed by atoms with E-state index in [-0.39, 0.29) is 6.17 Å². The molecule has 0 fully saturated rings. The smallest absolute Gasteiger partial charge is 0.107 e. The number of hydrogen-bond donors (Lipinski definition) is 0. The lowest BCUT2D eigenvalue weighted by Crippen LogP contribution is -2.36. The Kier molecular flexibility index (Phi) is 4.68. The quantitative estimate of drug-likeness (QED) is 0.547. The van der Waals surface area contributed by atoms with E-state index < -0.39 is 0 Å². The van der Waals surface area contributed by atoms with Crippen molar-refractivity contribution >= 4 is 22.7 Å². The monoisotopic (exact) mass is 394 g/mol. The maximum absolute atomic E-state index is 2.35. The minimum Gasteiger partial charge on any atom is -0.328 e. The second-order valence-corrected chi connectivity index (χ2v) is 7.72. The first-order chi connectivity index (χ1) is 14.7. The number of rotatable bonds is 4. The van der Waals surface area contributed by atoms with E-state index in [1.54, 1.807) is 0 Å². The Bertz CT molecular complexity index is 1070. The molecule has 3 aromatic carbocycles. The molecule has 150 valence electrons. The average molecular weight is 395 g/mol. The van der Waals surface area contributed by atoms with Gasteiger partial charge in [-0.2, -0.15) is 0 Å². The fourth-order valence-corrected chi connectivity index (χ4v) is 4.28. The third kappa shape index (κ3) is 3.20. The third-order valence-electron chi connectivity index (χ3n) is 5.93. The van der Waals surface area contributed by atoms with E-state index in [1.807, 2.05) is 0 Å². The van der Waals surface area contributed by atoms with Crippen LogP contribution in [0.25, 0.3) is 0 Å². The molecule has 4 nitrogen and oxygen atoms in total. The van der Waals surface area contributed by atoms with Gasteiger partial charge in [-0.15, -0.1) is 0 Å². The highest BCUT2D eigenvalue weighted by Crippen LogP contribution is 2.36. The summed E-state index contributed by atoms with van der Waals surface area (Å²) < 4.78 is 0. The number of hydrogen-bond acceptors (Lipinski definition) is 4. The highest BCUT2D eigenvalue weighted by atomic mass is 15.4. The van der Waals surface area contributed by atoms with Gasteiger partial charge in [0.25, 0.3) is 0 Å². The van der Waals surface area contributed by atoms with Crippen molar-refractivity contribution in [2.45, 2.75) is 20.0 Å². The maximum Gasteiger partial charge on any atom is 0.107 e. The van der Waals surface area contributed by atoms with Crippen LogP contribution in [-0.2, 0) is 0 Å². The Morgan fingerprint density at radius 1 is 0.600 bits per heavy atom. The molecule has 0 radical (unpaired) electrons. The van der Waals surface area contributed by atoms with Gasteiger partial charge in [0.2, 0.25) is 0 Å². The van der Waals surface area contributed by atoms with E-state index in [1.165, 1.54) is 28.3 Å². The van der Waals surface area contributed by atoms with Crippen LogP contribution in [-0.4, -0.2) is 12.8 Å². The summed E-state index contributed by atoms with van der Waals surface area (Å²) in [7, 11) is 0. The fraction of sp³-hybridized carbons (Fsp3) is 0.154. The van der Waals surface area contributed by atoms with Crippen LogP contribution in [0.1, 0.15) is 12.5 Å². The number of para-hydroxylation sites is 2. The Labute approximate surface area is 178 Å². The maximum atomic E-state index is 2.35. The van der Waals surface area contributed by atoms with Gasteiger partial charge in [-0.3, -0.25) is 0 Å². The second kappa shape index (κ2) is 7.64. The highest BCUT2D eigenvalue weighted by molar-refractivity contribution is 5.73. The lowest BCUT2D eigenvalue weighted by molar-refractivity contribution is 0.748. The summed E-state index contributed by atoms with van der Waals surface area (Å²) in [6, 6.07) is 27.6. The topological polar surface area (TPSA) is 13.0 Å². The molecule has 0 spiro atoms. The number of nitrogens with zero attached hydrogens (tertiary/aromatic N) is 4. The number of benzene rings is 3.